The number of amides is 1. The van der Waals surface area contributed by atoms with Crippen LogP contribution in [-0.2, 0) is 0 Å². The number of hydrogen-bond acceptors (Lipinski definition) is 8. The second kappa shape index (κ2) is 8.93. The lowest BCUT2D eigenvalue weighted by molar-refractivity contribution is -0.0964. The van der Waals surface area contributed by atoms with Gasteiger partial charge in [-0.1, -0.05) is 5.21 Å². The minimum Gasteiger partial charge on any atom is -0.420 e. The molecule has 1 atom stereocenters. The first-order chi connectivity index (χ1) is 15.3. The third-order valence-corrected chi connectivity index (χ3v) is 4.70. The van der Waals surface area contributed by atoms with Crippen LogP contribution in [0.15, 0.2) is 42.7 Å². The number of anilines is 4. The van der Waals surface area contributed by atoms with Crippen LogP contribution in [0, 0.1) is 0 Å². The summed E-state index contributed by atoms with van der Waals surface area (Å²) in [6.07, 6.45) is 3.05. The summed E-state index contributed by atoms with van der Waals surface area (Å²) in [6, 6.07) is 6.92. The van der Waals surface area contributed by atoms with E-state index in [1.54, 1.807) is 6.07 Å². The highest BCUT2D eigenvalue weighted by molar-refractivity contribution is 6.20. The maximum atomic E-state index is 12.7. The van der Waals surface area contributed by atoms with Crippen LogP contribution < -0.4 is 20.3 Å². The number of benzene rings is 1. The Balaban J connectivity index is 1.53. The van der Waals surface area contributed by atoms with Gasteiger partial charge in [-0.3, -0.25) is 4.79 Å². The molecule has 3 heterocycles. The number of aliphatic hydroxyl groups excluding tert-OH is 1. The fraction of sp³-hybridized carbons (Fsp3) is 0.263. The normalized spacial score (nSPS) is 16.1. The van der Waals surface area contributed by atoms with E-state index in [1.165, 1.54) is 36.7 Å². The molecule has 1 amide bonds. The molecule has 13 heteroatoms. The van der Waals surface area contributed by atoms with Gasteiger partial charge in [-0.05, 0) is 36.8 Å². The van der Waals surface area contributed by atoms with Gasteiger partial charge >= 0.3 is 5.57 Å². The molecule has 1 saturated heterocycles. The van der Waals surface area contributed by atoms with Crippen LogP contribution in [0.2, 0.25) is 0 Å². The Kier molecular flexibility index (Phi) is 6.06. The number of aromatic amines is 1. The molecule has 0 saturated carbocycles. The number of aliphatic hydroxyl groups is 1. The number of carbonyl (C=O) groups excluding carboxylic acids is 1. The van der Waals surface area contributed by atoms with Crippen molar-refractivity contribution in [1.82, 2.24) is 20.4 Å². The van der Waals surface area contributed by atoms with Gasteiger partial charge in [0.05, 0.1) is 23.6 Å². The Morgan fingerprint density at radius 2 is 2.09 bits per heavy atom. The number of ether oxygens (including phenoxy) is 1. The van der Waals surface area contributed by atoms with Gasteiger partial charge in [0, 0.05) is 36.6 Å². The lowest BCUT2D eigenvalue weighted by Crippen LogP contribution is -2.24. The summed E-state index contributed by atoms with van der Waals surface area (Å²) in [5.41, 5.74) is -2.70. The summed E-state index contributed by atoms with van der Waals surface area (Å²) in [7, 11) is 0. The van der Waals surface area contributed by atoms with E-state index in [0.29, 0.717) is 42.5 Å². The molecule has 0 aliphatic carbocycles. The Morgan fingerprint density at radius 1 is 1.31 bits per heavy atom. The van der Waals surface area contributed by atoms with Gasteiger partial charge in [-0.25, -0.2) is 10.1 Å². The number of carbonyl (C=O) groups is 1. The van der Waals surface area contributed by atoms with E-state index in [9.17, 15) is 18.7 Å². The van der Waals surface area contributed by atoms with Crippen molar-refractivity contribution in [2.24, 2.45) is 0 Å². The smallest absolute Gasteiger partial charge is 0.420 e. The minimum atomic E-state index is -3.82. The number of pyridine rings is 1. The van der Waals surface area contributed by atoms with E-state index in [2.05, 4.69) is 35.8 Å². The van der Waals surface area contributed by atoms with Crippen molar-refractivity contribution in [2.75, 3.05) is 28.6 Å². The topological polar surface area (TPSA) is 128 Å². The van der Waals surface area contributed by atoms with Crippen molar-refractivity contribution in [3.63, 3.8) is 0 Å². The quantitative estimate of drug-likeness (QED) is 0.392. The largest absolute Gasteiger partial charge is 0.487 e. The van der Waals surface area contributed by atoms with Crippen LogP contribution in [-0.4, -0.2) is 56.2 Å². The molecular formula is C19H18ClF2N7O3. The highest BCUT2D eigenvalue weighted by Gasteiger charge is 2.27. The van der Waals surface area contributed by atoms with E-state index in [1.807, 2.05) is 4.90 Å². The van der Waals surface area contributed by atoms with Crippen molar-refractivity contribution in [1.29, 1.82) is 0 Å². The number of H-pyrrole nitrogens is 1. The number of nitrogens with zero attached hydrogens (tertiary/aromatic N) is 4. The fourth-order valence-corrected chi connectivity index (χ4v) is 3.30. The molecule has 0 bridgehead atoms. The van der Waals surface area contributed by atoms with Gasteiger partial charge in [0.25, 0.3) is 5.91 Å². The summed E-state index contributed by atoms with van der Waals surface area (Å²) in [5.74, 6) is 0.447. The van der Waals surface area contributed by atoms with E-state index < -0.39 is 17.6 Å². The highest BCUT2D eigenvalue weighted by atomic mass is 35.5. The molecule has 3 aromatic rings. The molecule has 2 aromatic heterocycles. The number of alkyl halides is 3. The van der Waals surface area contributed by atoms with Crippen molar-refractivity contribution < 1.29 is 23.4 Å². The van der Waals surface area contributed by atoms with E-state index >= 15 is 0 Å². The van der Waals surface area contributed by atoms with Gasteiger partial charge in [-0.2, -0.15) is 0 Å². The van der Waals surface area contributed by atoms with Crippen molar-refractivity contribution in [2.45, 2.75) is 18.1 Å². The minimum absolute atomic E-state index is 0.151. The summed E-state index contributed by atoms with van der Waals surface area (Å²) >= 11 is 4.74. The average molecular weight is 466 g/mol. The zero-order valence-electron chi connectivity index (χ0n) is 16.4. The van der Waals surface area contributed by atoms with Crippen LogP contribution in [0.4, 0.5) is 31.8 Å². The zero-order valence-corrected chi connectivity index (χ0v) is 17.2. The second-order valence-corrected chi connectivity index (χ2v) is 7.45. The first-order valence-corrected chi connectivity index (χ1v) is 9.88. The van der Waals surface area contributed by atoms with Crippen LogP contribution in [0.25, 0.3) is 0 Å². The van der Waals surface area contributed by atoms with Crippen molar-refractivity contribution in [3.05, 3.63) is 48.3 Å². The molecule has 32 heavy (non-hydrogen) atoms. The SMILES string of the molecule is O=C(Nc1ccc(OC(F)(F)Cl)cc1)c1cnc(N2CC[C@@H](O)C2)c(Nc2cnn[nH]2)c1. The molecule has 1 aliphatic heterocycles. The number of nitrogens with one attached hydrogen (secondary N) is 3. The number of hydrogen-bond donors (Lipinski definition) is 4. The van der Waals surface area contributed by atoms with Gasteiger partial charge < -0.3 is 25.4 Å². The maximum absolute atomic E-state index is 12.7. The van der Waals surface area contributed by atoms with E-state index in [0.717, 1.165) is 0 Å². The highest BCUT2D eigenvalue weighted by Crippen LogP contribution is 2.30. The fourth-order valence-electron chi connectivity index (χ4n) is 3.21. The standard InChI is InChI=1S/C19H18ClF2N7O3/c20-19(21,22)32-14-3-1-12(2-4-14)25-18(31)11-7-15(26-16-9-24-28-27-16)17(23-8-11)29-6-5-13(30)10-29/h1-4,7-9,13,30H,5-6,10H2,(H,25,31)(H2,24,26,27,28)/t13-/m1/s1. The van der Waals surface area contributed by atoms with E-state index in [-0.39, 0.29) is 11.3 Å². The Morgan fingerprint density at radius 3 is 2.72 bits per heavy atom. The molecule has 1 aromatic carbocycles. The third kappa shape index (κ3) is 5.39. The van der Waals surface area contributed by atoms with Gasteiger partial charge in [0.2, 0.25) is 0 Å². The van der Waals surface area contributed by atoms with Crippen LogP contribution >= 0.6 is 11.6 Å². The molecule has 168 valence electrons. The zero-order chi connectivity index (χ0) is 22.7. The molecule has 0 radical (unpaired) electrons. The second-order valence-electron chi connectivity index (χ2n) is 7.01. The van der Waals surface area contributed by atoms with Crippen LogP contribution in [0.5, 0.6) is 5.75 Å². The molecule has 0 unspecified atom stereocenters. The number of aromatic nitrogens is 4. The first-order valence-electron chi connectivity index (χ1n) is 9.50. The Bertz CT molecular complexity index is 1080. The van der Waals surface area contributed by atoms with Crippen LogP contribution in [0.3, 0.4) is 0 Å². The van der Waals surface area contributed by atoms with Crippen molar-refractivity contribution in [3.8, 4) is 5.75 Å². The lowest BCUT2D eigenvalue weighted by Gasteiger charge is -2.21. The summed E-state index contributed by atoms with van der Waals surface area (Å²) in [5, 5.41) is 25.6. The third-order valence-electron chi connectivity index (χ3n) is 4.62. The van der Waals surface area contributed by atoms with Gasteiger partial charge in [-0.15, -0.1) is 13.9 Å². The van der Waals surface area contributed by atoms with Gasteiger partial charge in [0.1, 0.15) is 11.6 Å². The molecule has 1 aliphatic rings. The van der Waals surface area contributed by atoms with Crippen LogP contribution in [0.1, 0.15) is 16.8 Å². The average Bonchev–Trinajstić information content (AvgIpc) is 3.40. The first kappa shape index (κ1) is 21.7. The predicted molar refractivity (Wildman–Crippen MR) is 113 cm³/mol. The molecule has 0 spiro atoms. The lowest BCUT2D eigenvalue weighted by atomic mass is 10.2. The van der Waals surface area contributed by atoms with Gasteiger partial charge in [0.15, 0.2) is 5.82 Å². The number of β-amino-alcohol motifs (C(OH)–C–C–N with tert-alkyl or cyclic N) is 1. The summed E-state index contributed by atoms with van der Waals surface area (Å²) in [6.45, 7) is 1.04. The Hall–Kier alpha value is -3.51. The summed E-state index contributed by atoms with van der Waals surface area (Å²) < 4.78 is 29.7. The van der Waals surface area contributed by atoms with Crippen molar-refractivity contribution >= 4 is 40.5 Å². The Labute approximate surface area is 185 Å². The molecule has 4 N–H and O–H groups in total. The molecule has 10 nitrogen and oxygen atoms in total. The van der Waals surface area contributed by atoms with E-state index in [4.69, 9.17) is 11.6 Å². The molecular weight excluding hydrogens is 448 g/mol. The number of halogens is 3. The molecule has 1 fully saturated rings. The number of rotatable bonds is 7. The summed E-state index contributed by atoms with van der Waals surface area (Å²) in [4.78, 5) is 19.0. The monoisotopic (exact) mass is 465 g/mol. The molecule has 4 rings (SSSR count). The maximum Gasteiger partial charge on any atom is 0.487 e. The predicted octanol–water partition coefficient (Wildman–Crippen LogP) is 2.93.